The minimum absolute atomic E-state index is 0.654. The van der Waals surface area contributed by atoms with E-state index in [1.165, 1.54) is 0 Å². The van der Waals surface area contributed by atoms with Crippen molar-refractivity contribution in [2.24, 2.45) is 0 Å². The van der Waals surface area contributed by atoms with E-state index in [1.807, 2.05) is 18.4 Å². The van der Waals surface area contributed by atoms with Crippen LogP contribution in [-0.4, -0.2) is 24.9 Å². The molecule has 0 spiro atoms. The fraction of sp³-hybridized carbons (Fsp3) is 0.300. The summed E-state index contributed by atoms with van der Waals surface area (Å²) in [6.45, 7) is 0.684. The Balaban J connectivity index is 2.51. The molecule has 0 bridgehead atoms. The monoisotopic (exact) mass is 196 g/mol. The van der Waals surface area contributed by atoms with Gasteiger partial charge in [-0.2, -0.15) is 11.8 Å². The standard InChI is InChI=1S/C10H12O2S/c1-13-6-5-12-10-4-2-3-9(7-10)8-11/h2-4,7-8H,5-6H2,1H3. The van der Waals surface area contributed by atoms with Crippen LogP contribution in [0.15, 0.2) is 24.3 Å². The maximum absolute atomic E-state index is 10.4. The Morgan fingerprint density at radius 1 is 1.54 bits per heavy atom. The molecule has 0 N–H and O–H groups in total. The molecule has 0 aromatic heterocycles. The molecule has 0 atom stereocenters. The number of hydrogen-bond donors (Lipinski definition) is 0. The Kier molecular flexibility index (Phi) is 4.40. The molecule has 0 saturated heterocycles. The zero-order valence-electron chi connectivity index (χ0n) is 7.53. The van der Waals surface area contributed by atoms with Crippen molar-refractivity contribution < 1.29 is 9.53 Å². The molecular weight excluding hydrogens is 184 g/mol. The lowest BCUT2D eigenvalue weighted by molar-refractivity contribution is 0.112. The number of ether oxygens (including phenoxy) is 1. The molecule has 0 amide bonds. The number of carbonyl (C=O) groups excluding carboxylic acids is 1. The van der Waals surface area contributed by atoms with Crippen LogP contribution in [0.4, 0.5) is 0 Å². The minimum Gasteiger partial charge on any atom is -0.493 e. The van der Waals surface area contributed by atoms with Crippen LogP contribution < -0.4 is 4.74 Å². The molecule has 0 saturated carbocycles. The molecule has 1 aromatic rings. The largest absolute Gasteiger partial charge is 0.493 e. The summed E-state index contributed by atoms with van der Waals surface area (Å²) < 4.78 is 5.41. The van der Waals surface area contributed by atoms with Gasteiger partial charge in [0.25, 0.3) is 0 Å². The molecule has 1 aromatic carbocycles. The van der Waals surface area contributed by atoms with Gasteiger partial charge in [0.15, 0.2) is 0 Å². The highest BCUT2D eigenvalue weighted by atomic mass is 32.2. The zero-order chi connectivity index (χ0) is 9.52. The third-order valence-corrected chi connectivity index (χ3v) is 2.13. The van der Waals surface area contributed by atoms with Crippen molar-refractivity contribution in [3.63, 3.8) is 0 Å². The van der Waals surface area contributed by atoms with E-state index >= 15 is 0 Å². The van der Waals surface area contributed by atoms with E-state index in [-0.39, 0.29) is 0 Å². The molecule has 3 heteroatoms. The Morgan fingerprint density at radius 3 is 3.08 bits per heavy atom. The smallest absolute Gasteiger partial charge is 0.150 e. The van der Waals surface area contributed by atoms with Gasteiger partial charge in [0.05, 0.1) is 6.61 Å². The van der Waals surface area contributed by atoms with Gasteiger partial charge in [-0.25, -0.2) is 0 Å². The third-order valence-electron chi connectivity index (χ3n) is 1.55. The van der Waals surface area contributed by atoms with E-state index in [9.17, 15) is 4.79 Å². The number of hydrogen-bond acceptors (Lipinski definition) is 3. The average molecular weight is 196 g/mol. The fourth-order valence-corrected chi connectivity index (χ4v) is 1.17. The normalized spacial score (nSPS) is 9.62. The van der Waals surface area contributed by atoms with E-state index in [2.05, 4.69) is 0 Å². The van der Waals surface area contributed by atoms with Crippen molar-refractivity contribution in [1.82, 2.24) is 0 Å². The summed E-state index contributed by atoms with van der Waals surface area (Å²) in [5.74, 6) is 1.73. The van der Waals surface area contributed by atoms with Gasteiger partial charge >= 0.3 is 0 Å². The van der Waals surface area contributed by atoms with Gasteiger partial charge in [-0.05, 0) is 18.4 Å². The van der Waals surface area contributed by atoms with Crippen LogP contribution in [0.2, 0.25) is 0 Å². The van der Waals surface area contributed by atoms with Crippen molar-refractivity contribution in [1.29, 1.82) is 0 Å². The lowest BCUT2D eigenvalue weighted by Gasteiger charge is -2.04. The first-order valence-corrected chi connectivity index (χ1v) is 5.43. The van der Waals surface area contributed by atoms with Crippen LogP contribution in [-0.2, 0) is 0 Å². The van der Waals surface area contributed by atoms with Crippen LogP contribution >= 0.6 is 11.8 Å². The number of carbonyl (C=O) groups is 1. The van der Waals surface area contributed by atoms with Crippen LogP contribution in [0, 0.1) is 0 Å². The Hall–Kier alpha value is -0.960. The highest BCUT2D eigenvalue weighted by molar-refractivity contribution is 7.98. The molecular formula is C10H12O2S. The van der Waals surface area contributed by atoms with E-state index in [0.717, 1.165) is 17.8 Å². The molecule has 1 rings (SSSR count). The minimum atomic E-state index is 0.654. The number of thioether (sulfide) groups is 1. The van der Waals surface area contributed by atoms with Crippen LogP contribution in [0.5, 0.6) is 5.75 Å². The second-order valence-corrected chi connectivity index (χ2v) is 3.52. The Labute approximate surface area is 82.3 Å². The van der Waals surface area contributed by atoms with Gasteiger partial charge in [0.2, 0.25) is 0 Å². The molecule has 0 aliphatic carbocycles. The molecule has 0 aliphatic rings. The molecule has 0 aliphatic heterocycles. The third kappa shape index (κ3) is 3.51. The van der Waals surface area contributed by atoms with Crippen molar-refractivity contribution in [2.75, 3.05) is 18.6 Å². The summed E-state index contributed by atoms with van der Waals surface area (Å²) >= 11 is 1.74. The molecule has 70 valence electrons. The molecule has 2 nitrogen and oxygen atoms in total. The predicted molar refractivity (Wildman–Crippen MR) is 55.7 cm³/mol. The number of rotatable bonds is 5. The predicted octanol–water partition coefficient (Wildman–Crippen LogP) is 2.24. The second kappa shape index (κ2) is 5.65. The number of aldehydes is 1. The van der Waals surface area contributed by atoms with Crippen molar-refractivity contribution >= 4 is 18.0 Å². The van der Waals surface area contributed by atoms with Gasteiger partial charge in [0.1, 0.15) is 12.0 Å². The highest BCUT2D eigenvalue weighted by Gasteiger charge is 1.94. The molecule has 0 heterocycles. The van der Waals surface area contributed by atoms with Crippen molar-refractivity contribution in [3.8, 4) is 5.75 Å². The van der Waals surface area contributed by atoms with E-state index in [4.69, 9.17) is 4.74 Å². The van der Waals surface area contributed by atoms with Crippen LogP contribution in [0.3, 0.4) is 0 Å². The SMILES string of the molecule is CSCCOc1cccc(C=O)c1. The summed E-state index contributed by atoms with van der Waals surface area (Å²) in [7, 11) is 0. The first kappa shape index (κ1) is 10.1. The first-order valence-electron chi connectivity index (χ1n) is 4.04. The van der Waals surface area contributed by atoms with Gasteiger partial charge in [-0.15, -0.1) is 0 Å². The second-order valence-electron chi connectivity index (χ2n) is 2.53. The maximum atomic E-state index is 10.4. The van der Waals surface area contributed by atoms with Crippen molar-refractivity contribution in [3.05, 3.63) is 29.8 Å². The summed E-state index contributed by atoms with van der Waals surface area (Å²) in [4.78, 5) is 10.4. The average Bonchev–Trinajstić information content (AvgIpc) is 2.19. The molecule has 0 fully saturated rings. The Morgan fingerprint density at radius 2 is 2.38 bits per heavy atom. The first-order chi connectivity index (χ1) is 6.36. The number of benzene rings is 1. The summed E-state index contributed by atoms with van der Waals surface area (Å²) in [5, 5.41) is 0. The van der Waals surface area contributed by atoms with Gasteiger partial charge in [-0.1, -0.05) is 12.1 Å². The maximum Gasteiger partial charge on any atom is 0.150 e. The van der Waals surface area contributed by atoms with Gasteiger partial charge in [0, 0.05) is 11.3 Å². The highest BCUT2D eigenvalue weighted by Crippen LogP contribution is 2.11. The lowest BCUT2D eigenvalue weighted by Crippen LogP contribution is -1.99. The topological polar surface area (TPSA) is 26.3 Å². The zero-order valence-corrected chi connectivity index (χ0v) is 8.34. The Bertz CT molecular complexity index is 273. The molecule has 0 unspecified atom stereocenters. The quantitative estimate of drug-likeness (QED) is 0.533. The summed E-state index contributed by atoms with van der Waals surface area (Å²) in [5.41, 5.74) is 0.654. The summed E-state index contributed by atoms with van der Waals surface area (Å²) in [6, 6.07) is 7.17. The van der Waals surface area contributed by atoms with Gasteiger partial charge < -0.3 is 4.74 Å². The lowest BCUT2D eigenvalue weighted by atomic mass is 10.2. The van der Waals surface area contributed by atoms with E-state index in [1.54, 1.807) is 23.9 Å². The molecule has 0 radical (unpaired) electrons. The van der Waals surface area contributed by atoms with Crippen LogP contribution in [0.1, 0.15) is 10.4 Å². The van der Waals surface area contributed by atoms with Crippen molar-refractivity contribution in [2.45, 2.75) is 0 Å². The summed E-state index contributed by atoms with van der Waals surface area (Å²) in [6.07, 6.45) is 2.85. The van der Waals surface area contributed by atoms with E-state index < -0.39 is 0 Å². The van der Waals surface area contributed by atoms with E-state index in [0.29, 0.717) is 12.2 Å². The molecule has 13 heavy (non-hydrogen) atoms. The fourth-order valence-electron chi connectivity index (χ4n) is 0.920. The van der Waals surface area contributed by atoms with Crippen LogP contribution in [0.25, 0.3) is 0 Å². The van der Waals surface area contributed by atoms with Gasteiger partial charge in [-0.3, -0.25) is 4.79 Å².